The Hall–Kier alpha value is -1.49. The van der Waals surface area contributed by atoms with Crippen molar-refractivity contribution in [2.75, 3.05) is 5.32 Å². The van der Waals surface area contributed by atoms with Gasteiger partial charge in [0.05, 0.1) is 21.3 Å². The third kappa shape index (κ3) is 2.42. The molecule has 2 aromatic rings. The number of carbonyl (C=O) groups is 2. The van der Waals surface area contributed by atoms with Crippen molar-refractivity contribution in [1.29, 1.82) is 0 Å². The highest BCUT2D eigenvalue weighted by molar-refractivity contribution is 7.99. The average Bonchev–Trinajstić information content (AvgIpc) is 2.69. The van der Waals surface area contributed by atoms with E-state index in [0.29, 0.717) is 21.3 Å². The summed E-state index contributed by atoms with van der Waals surface area (Å²) < 4.78 is 0. The Kier molecular flexibility index (Phi) is 3.46. The predicted molar refractivity (Wildman–Crippen MR) is 80.0 cm³/mol. The quantitative estimate of drug-likeness (QED) is 0.839. The molecule has 20 heavy (non-hydrogen) atoms. The van der Waals surface area contributed by atoms with Crippen molar-refractivity contribution in [3.63, 3.8) is 0 Å². The molecule has 1 aliphatic heterocycles. The number of nitrogens with one attached hydrogen (secondary N) is 1. The lowest BCUT2D eigenvalue weighted by Gasteiger charge is -2.05. The van der Waals surface area contributed by atoms with E-state index >= 15 is 0 Å². The van der Waals surface area contributed by atoms with Crippen molar-refractivity contribution in [1.82, 2.24) is 0 Å². The van der Waals surface area contributed by atoms with E-state index in [1.807, 2.05) is 6.07 Å². The minimum atomic E-state index is -0.586. The Labute approximate surface area is 129 Å². The van der Waals surface area contributed by atoms with Gasteiger partial charge in [-0.2, -0.15) is 0 Å². The third-order valence-electron chi connectivity index (χ3n) is 2.82. The maximum atomic E-state index is 11.5. The van der Waals surface area contributed by atoms with Gasteiger partial charge in [-0.15, -0.1) is 0 Å². The summed E-state index contributed by atoms with van der Waals surface area (Å²) in [5.74, 6) is -1.08. The van der Waals surface area contributed by atoms with E-state index in [1.54, 1.807) is 30.3 Å². The van der Waals surface area contributed by atoms with Crippen LogP contribution in [-0.4, -0.2) is 11.7 Å². The molecule has 100 valence electrons. The van der Waals surface area contributed by atoms with E-state index in [4.69, 9.17) is 23.2 Å². The van der Waals surface area contributed by atoms with Gasteiger partial charge in [-0.3, -0.25) is 9.59 Å². The Morgan fingerprint density at radius 1 is 0.900 bits per heavy atom. The fourth-order valence-corrected chi connectivity index (χ4v) is 3.13. The Morgan fingerprint density at radius 3 is 2.35 bits per heavy atom. The molecule has 1 heterocycles. The molecule has 6 heteroatoms. The van der Waals surface area contributed by atoms with Crippen molar-refractivity contribution in [3.05, 3.63) is 52.0 Å². The van der Waals surface area contributed by atoms with Crippen molar-refractivity contribution >= 4 is 52.3 Å². The van der Waals surface area contributed by atoms with Gasteiger partial charge in [-0.25, -0.2) is 0 Å². The molecule has 0 spiro atoms. The van der Waals surface area contributed by atoms with Crippen molar-refractivity contribution in [2.24, 2.45) is 0 Å². The summed E-state index contributed by atoms with van der Waals surface area (Å²) in [5.41, 5.74) is 0.957. The number of anilines is 1. The van der Waals surface area contributed by atoms with E-state index in [2.05, 4.69) is 5.32 Å². The number of ketones is 1. The molecule has 0 bridgehead atoms. The van der Waals surface area contributed by atoms with Gasteiger partial charge < -0.3 is 5.32 Å². The van der Waals surface area contributed by atoms with Crippen LogP contribution in [0.1, 0.15) is 10.4 Å². The molecule has 0 atom stereocenters. The topological polar surface area (TPSA) is 46.2 Å². The minimum Gasteiger partial charge on any atom is -0.318 e. The van der Waals surface area contributed by atoms with Crippen LogP contribution in [0, 0.1) is 0 Å². The van der Waals surface area contributed by atoms with Gasteiger partial charge in [0.25, 0.3) is 11.7 Å². The van der Waals surface area contributed by atoms with Crippen LogP contribution in [0.5, 0.6) is 0 Å². The summed E-state index contributed by atoms with van der Waals surface area (Å²) in [6, 6.07) is 10.6. The van der Waals surface area contributed by atoms with Gasteiger partial charge in [0.2, 0.25) is 0 Å². The second-order valence-corrected chi connectivity index (χ2v) is 6.13. The molecule has 1 aliphatic rings. The Bertz CT molecular complexity index is 746. The number of Topliss-reactive ketones (excluding diaryl/α,β-unsaturated/α-hetero) is 1. The molecular formula is C14H7Cl2NO2S. The Balaban J connectivity index is 1.89. The molecule has 0 fully saturated rings. The largest absolute Gasteiger partial charge is 0.318 e. The van der Waals surface area contributed by atoms with Crippen molar-refractivity contribution in [3.8, 4) is 0 Å². The highest BCUT2D eigenvalue weighted by Gasteiger charge is 2.27. The van der Waals surface area contributed by atoms with Gasteiger partial charge in [-0.05, 0) is 36.4 Å². The van der Waals surface area contributed by atoms with Gasteiger partial charge in [-0.1, -0.05) is 35.0 Å². The summed E-state index contributed by atoms with van der Waals surface area (Å²) in [6.45, 7) is 0. The third-order valence-corrected chi connectivity index (χ3v) is 4.54. The molecule has 1 N–H and O–H groups in total. The van der Waals surface area contributed by atoms with E-state index in [1.165, 1.54) is 11.8 Å². The van der Waals surface area contributed by atoms with E-state index in [0.717, 1.165) is 9.79 Å². The number of benzene rings is 2. The molecule has 0 unspecified atom stereocenters. The first-order chi connectivity index (χ1) is 9.54. The molecular weight excluding hydrogens is 317 g/mol. The van der Waals surface area contributed by atoms with E-state index < -0.39 is 11.7 Å². The number of halogens is 2. The van der Waals surface area contributed by atoms with Crippen LogP contribution in [0.3, 0.4) is 0 Å². The van der Waals surface area contributed by atoms with Crippen molar-refractivity contribution < 1.29 is 9.59 Å². The van der Waals surface area contributed by atoms with Gasteiger partial charge in [0, 0.05) is 9.79 Å². The molecule has 0 aromatic heterocycles. The second-order valence-electron chi connectivity index (χ2n) is 4.17. The van der Waals surface area contributed by atoms with E-state index in [-0.39, 0.29) is 0 Å². The smallest absolute Gasteiger partial charge is 0.296 e. The summed E-state index contributed by atoms with van der Waals surface area (Å²) >= 11 is 13.3. The maximum absolute atomic E-state index is 11.5. The number of hydrogen-bond acceptors (Lipinski definition) is 3. The molecule has 0 aliphatic carbocycles. The fourth-order valence-electron chi connectivity index (χ4n) is 1.87. The normalized spacial score (nSPS) is 13.3. The first kappa shape index (κ1) is 13.5. The van der Waals surface area contributed by atoms with Gasteiger partial charge in [0.15, 0.2) is 0 Å². The number of hydrogen-bond donors (Lipinski definition) is 1. The SMILES string of the molecule is O=C1Nc2cc(Sc3ccc(Cl)c(Cl)c3)ccc2C1=O. The molecule has 0 saturated heterocycles. The lowest BCUT2D eigenvalue weighted by Crippen LogP contribution is -2.12. The standard InChI is InChI=1S/C14H7Cl2NO2S/c15-10-4-2-7(5-11(10)16)20-8-1-3-9-12(6-8)17-14(19)13(9)18/h1-6H,(H,17,18,19). The maximum Gasteiger partial charge on any atom is 0.296 e. The summed E-state index contributed by atoms with van der Waals surface area (Å²) in [6.07, 6.45) is 0. The number of amides is 1. The van der Waals surface area contributed by atoms with Gasteiger partial charge >= 0.3 is 0 Å². The Morgan fingerprint density at radius 2 is 1.60 bits per heavy atom. The fraction of sp³-hybridized carbons (Fsp3) is 0. The van der Waals surface area contributed by atoms with Gasteiger partial charge in [0.1, 0.15) is 0 Å². The molecule has 3 rings (SSSR count). The van der Waals surface area contributed by atoms with Crippen LogP contribution in [-0.2, 0) is 4.79 Å². The first-order valence-corrected chi connectivity index (χ1v) is 7.24. The van der Waals surface area contributed by atoms with Crippen LogP contribution >= 0.6 is 35.0 Å². The van der Waals surface area contributed by atoms with Crippen LogP contribution < -0.4 is 5.32 Å². The number of carbonyl (C=O) groups excluding carboxylic acids is 2. The predicted octanol–water partition coefficient (Wildman–Crippen LogP) is 4.28. The van der Waals surface area contributed by atoms with Crippen molar-refractivity contribution in [2.45, 2.75) is 9.79 Å². The molecule has 1 amide bonds. The summed E-state index contributed by atoms with van der Waals surface area (Å²) in [4.78, 5) is 24.6. The first-order valence-electron chi connectivity index (χ1n) is 5.67. The molecule has 0 saturated carbocycles. The van der Waals surface area contributed by atoms with E-state index in [9.17, 15) is 9.59 Å². The second kappa shape index (κ2) is 5.13. The average molecular weight is 324 g/mol. The number of fused-ring (bicyclic) bond motifs is 1. The number of rotatable bonds is 2. The molecule has 2 aromatic carbocycles. The molecule has 0 radical (unpaired) electrons. The van der Waals surface area contributed by atoms with Crippen LogP contribution in [0.4, 0.5) is 5.69 Å². The lowest BCUT2D eigenvalue weighted by molar-refractivity contribution is -0.112. The lowest BCUT2D eigenvalue weighted by atomic mass is 10.1. The minimum absolute atomic E-state index is 0.411. The summed E-state index contributed by atoms with van der Waals surface area (Å²) in [5, 5.41) is 3.53. The van der Waals surface area contributed by atoms with Crippen LogP contribution in [0.25, 0.3) is 0 Å². The molecule has 3 nitrogen and oxygen atoms in total. The zero-order valence-corrected chi connectivity index (χ0v) is 12.3. The van der Waals surface area contributed by atoms with Crippen LogP contribution in [0.15, 0.2) is 46.2 Å². The zero-order valence-electron chi connectivity index (χ0n) is 9.94. The zero-order chi connectivity index (χ0) is 14.3. The highest BCUT2D eigenvalue weighted by Crippen LogP contribution is 2.35. The highest BCUT2D eigenvalue weighted by atomic mass is 35.5. The van der Waals surface area contributed by atoms with Crippen LogP contribution in [0.2, 0.25) is 10.0 Å². The monoisotopic (exact) mass is 323 g/mol. The summed E-state index contributed by atoms with van der Waals surface area (Å²) in [7, 11) is 0.